The van der Waals surface area contributed by atoms with E-state index in [1.54, 1.807) is 0 Å². The van der Waals surface area contributed by atoms with Gasteiger partial charge in [-0.1, -0.05) is 0 Å². The Labute approximate surface area is 751 Å². The van der Waals surface area contributed by atoms with E-state index in [4.69, 9.17) is 90.0 Å². The van der Waals surface area contributed by atoms with Gasteiger partial charge in [-0.05, 0) is 0 Å². The molecule has 0 bridgehead atoms. The summed E-state index contributed by atoms with van der Waals surface area (Å²) < 4.78 is 112. The molecule has 10 aliphatic rings. The topological polar surface area (TPSA) is 945 Å². The van der Waals surface area contributed by atoms with Gasteiger partial charge in [0.05, 0.1) is 78.2 Å². The summed E-state index contributed by atoms with van der Waals surface area (Å²) in [5, 5.41) is 345. The van der Waals surface area contributed by atoms with E-state index in [1.165, 1.54) is 0 Å². The molecule has 60 heteroatoms. The number of carboxylic acids is 1. The molecule has 0 aromatic rings. The molecule has 0 unspecified atom stereocenters. The first kappa shape index (κ1) is 110. The summed E-state index contributed by atoms with van der Waals surface area (Å²) in [6.07, 6.45) is -100.0. The highest BCUT2D eigenvalue weighted by atomic mass is 16.8. The number of amides is 5. The Morgan fingerprint density at radius 1 is 0.323 bits per heavy atom. The van der Waals surface area contributed by atoms with Gasteiger partial charge < -0.3 is 270 Å². The van der Waals surface area contributed by atoms with Crippen molar-refractivity contribution in [3.05, 3.63) is 0 Å². The smallest absolute Gasteiger partial charge is 0.364 e. The lowest BCUT2D eigenvalue weighted by Crippen LogP contribution is -2.71. The fourth-order valence-electron chi connectivity index (χ4n) is 16.9. The molecule has 10 heterocycles. The van der Waals surface area contributed by atoms with Gasteiger partial charge in [0, 0.05) is 34.1 Å². The summed E-state index contributed by atoms with van der Waals surface area (Å²) in [5.74, 6) is -10.3. The molecule has 5 amide bonds. The molecular weight excluding hydrogens is 1830 g/mol. The summed E-state index contributed by atoms with van der Waals surface area (Å²) in [7, 11) is 0. The molecular formula is C73H121N5O55. The van der Waals surface area contributed by atoms with Crippen LogP contribution < -0.4 is 26.6 Å². The first-order chi connectivity index (χ1) is 62.8. The summed E-state index contributed by atoms with van der Waals surface area (Å²) in [5.41, 5.74) is 0. The van der Waals surface area contributed by atoms with Crippen LogP contribution in [0.15, 0.2) is 0 Å². The average Bonchev–Trinajstić information content (AvgIpc) is 0.764. The predicted octanol–water partition coefficient (Wildman–Crippen LogP) is -23.9. The quantitative estimate of drug-likeness (QED) is 0.0275. The Morgan fingerprint density at radius 3 is 1.05 bits per heavy atom. The molecule has 0 saturated carbocycles. The van der Waals surface area contributed by atoms with Crippen molar-refractivity contribution >= 4 is 35.5 Å². The van der Waals surface area contributed by atoms with Crippen molar-refractivity contribution in [3.63, 3.8) is 0 Å². The number of carbonyl (C=O) groups is 6. The molecule has 0 aromatic carbocycles. The van der Waals surface area contributed by atoms with Crippen LogP contribution in [0.2, 0.25) is 0 Å². The Balaban J connectivity index is 0.952. The summed E-state index contributed by atoms with van der Waals surface area (Å²) >= 11 is 0. The molecule has 0 aromatic heterocycles. The van der Waals surface area contributed by atoms with Crippen LogP contribution >= 0.6 is 0 Å². The van der Waals surface area contributed by atoms with E-state index in [1.807, 2.05) is 0 Å². The Hall–Kier alpha value is -5.10. The van der Waals surface area contributed by atoms with Gasteiger partial charge >= 0.3 is 5.97 Å². The van der Waals surface area contributed by atoms with Crippen molar-refractivity contribution in [2.45, 2.75) is 346 Å². The number of aliphatic hydroxyl groups excluding tert-OH is 29. The van der Waals surface area contributed by atoms with Gasteiger partial charge in [-0.3, -0.25) is 24.0 Å². The Morgan fingerprint density at radius 2 is 0.647 bits per heavy atom. The minimum absolute atomic E-state index is 0.816. The molecule has 10 aliphatic heterocycles. The van der Waals surface area contributed by atoms with Crippen molar-refractivity contribution in [3.8, 4) is 0 Å². The zero-order valence-corrected chi connectivity index (χ0v) is 71.0. The third kappa shape index (κ3) is 24.6. The minimum atomic E-state index is -3.16. The molecule has 768 valence electrons. The lowest BCUT2D eigenvalue weighted by atomic mass is 9.88. The lowest BCUT2D eigenvalue weighted by Gasteiger charge is -2.51. The third-order valence-electron chi connectivity index (χ3n) is 24.0. The van der Waals surface area contributed by atoms with E-state index >= 15 is 0 Å². The van der Waals surface area contributed by atoms with E-state index < -0.39 is 427 Å². The van der Waals surface area contributed by atoms with Gasteiger partial charge in [-0.25, -0.2) is 4.79 Å². The number of hydrogen-bond acceptors (Lipinski definition) is 54. The molecule has 0 spiro atoms. The van der Waals surface area contributed by atoms with Crippen molar-refractivity contribution in [1.82, 2.24) is 26.6 Å². The van der Waals surface area contributed by atoms with Crippen LogP contribution in [-0.2, 0) is 119 Å². The number of rotatable bonds is 37. The Bertz CT molecular complexity index is 3700. The van der Waals surface area contributed by atoms with Crippen molar-refractivity contribution in [2.75, 3.05) is 72.7 Å². The molecule has 10 fully saturated rings. The summed E-state index contributed by atoms with van der Waals surface area (Å²) in [6, 6.07) is -9.60. The van der Waals surface area contributed by atoms with E-state index in [9.17, 15) is 182 Å². The number of aliphatic carboxylic acids is 1. The van der Waals surface area contributed by atoms with E-state index in [2.05, 4.69) is 26.6 Å². The lowest BCUT2D eigenvalue weighted by molar-refractivity contribution is -0.399. The van der Waals surface area contributed by atoms with E-state index in [0.29, 0.717) is 0 Å². The highest BCUT2D eigenvalue weighted by molar-refractivity contribution is 5.78. The maximum atomic E-state index is 13.2. The third-order valence-corrected chi connectivity index (χ3v) is 24.0. The number of aliphatic hydroxyl groups is 29. The molecule has 0 radical (unpaired) electrons. The maximum Gasteiger partial charge on any atom is 0.364 e. The second-order valence-corrected chi connectivity index (χ2v) is 33.2. The summed E-state index contributed by atoms with van der Waals surface area (Å²) in [6.45, 7) is -9.47. The zero-order valence-electron chi connectivity index (χ0n) is 71.0. The molecule has 35 N–H and O–H groups in total. The van der Waals surface area contributed by atoms with Crippen molar-refractivity contribution < 1.29 is 272 Å². The first-order valence-corrected chi connectivity index (χ1v) is 41.9. The fourth-order valence-corrected chi connectivity index (χ4v) is 16.9. The van der Waals surface area contributed by atoms with Crippen molar-refractivity contribution in [2.24, 2.45) is 0 Å². The van der Waals surface area contributed by atoms with Gasteiger partial charge in [0.15, 0.2) is 56.6 Å². The monoisotopic (exact) mass is 1950 g/mol. The second kappa shape index (κ2) is 47.9. The van der Waals surface area contributed by atoms with Crippen LogP contribution in [0, 0.1) is 0 Å². The van der Waals surface area contributed by atoms with Gasteiger partial charge in [0.1, 0.15) is 244 Å². The van der Waals surface area contributed by atoms with Gasteiger partial charge in [0.25, 0.3) is 5.79 Å². The molecule has 60 nitrogen and oxygen atoms in total. The van der Waals surface area contributed by atoms with Crippen LogP contribution in [0.25, 0.3) is 0 Å². The normalized spacial score (nSPS) is 47.0. The van der Waals surface area contributed by atoms with Gasteiger partial charge in [-0.15, -0.1) is 0 Å². The van der Waals surface area contributed by atoms with Gasteiger partial charge in [0.2, 0.25) is 29.5 Å². The van der Waals surface area contributed by atoms with Crippen molar-refractivity contribution in [1.29, 1.82) is 0 Å². The highest BCUT2D eigenvalue weighted by Crippen LogP contribution is 2.42. The largest absolute Gasteiger partial charge is 0.477 e. The first-order valence-electron chi connectivity index (χ1n) is 41.9. The van der Waals surface area contributed by atoms with E-state index in [0.717, 1.165) is 27.7 Å². The number of hydrogen-bond donors (Lipinski definition) is 35. The molecule has 10 rings (SSSR count). The number of carboxylic acid groups (broad SMARTS) is 1. The standard InChI is InChI=1S/C73H121N5O55/c1-17(88)74-34-44(101)55(26(10-83)117-63(34)112)126-64-35(75-18(2)89)45(102)58(29(13-86)121-64)129-69-54(111)60(130-71-62(51(108)41(98)25(9-82)120-71)132-66-37(77-20(4)91)47(104)56(27(11-84)123-66)127-67-52(109)48(105)39(96)23(7-80)118-67)43(100)30(124-69)15-115-70-61(50(107)40(97)24(8-81)119-70)131-65-36(76-19(3)90)46(103)57(28(12-85)122-65)128-68-53(110)49(106)42(99)31(125-68)16-116-73(72(113)114)5-21(92)33(78-32(94)14-87)59(133-73)38(95)22(93)6-79/h21-31,33-71,79-87,92-93,95-112H,5-16H2,1-4H3,(H,74,88)(H,75,89)(H,76,90)(H,77,91)(H,78,94)(H,113,114)/t21-,22+,23+,24+,25+,26+,27+,28+,29+,30+,31+,33+,34+,35+,36+,37+,38+,39-,40+,41+,42-,43+,44+,45+,46+,47+,48-,49-,50-,51-,52+,53+,54-,55+,56+,57+,58+,59+,60-,61-,62-,63+,64-,65-,66-,67-,68-,69-,70-,71+,73+/m0/s1. The number of nitrogens with one attached hydrogen (secondary N) is 5. The van der Waals surface area contributed by atoms with Crippen LogP contribution in [0.1, 0.15) is 34.1 Å². The maximum absolute atomic E-state index is 13.2. The van der Waals surface area contributed by atoms with Gasteiger partial charge in [-0.2, -0.15) is 0 Å². The highest BCUT2D eigenvalue weighted by Gasteiger charge is 2.63. The molecule has 133 heavy (non-hydrogen) atoms. The second-order valence-electron chi connectivity index (χ2n) is 33.2. The Kier molecular flexibility index (Phi) is 39.6. The van der Waals surface area contributed by atoms with Crippen LogP contribution in [0.4, 0.5) is 0 Å². The SMILES string of the molecule is CC(=O)N[C@@H]1[C@@H](O)[C@H](O[C@@H]2O[C@H](CO)[C@@H](O[C@@H]3O[C@H](CO[C@H]4O[C@H](CO)[C@@H](O)[C@H](O)[C@@H]4O[C@@H]4O[C@H](CO)[C@@H](O[C@@H]5O[C@H](CO[C@]6(C(=O)O)C[C@H](O)[C@@H](NC(=O)CO)[C@H]([C@H](O)[C@H](O)CO)O6)[C@H](O)[C@H](O)[C@H]5O)[C@H](O)[C@H]4NC(C)=O)[C@@H](O)[C@H](O[C@H]4O[C@H](CO)[C@@H](O)[C@H](O)[C@@H]4O[C@@H]4O[C@H](CO)[C@@H](O[C@@H]5O[C@H](CO)[C@H](O)[C@H](O)[C@H]5O)[C@H](O)[C@H]4NC(C)=O)[C@@H]3O)[C@H](O)[C@H]2NC(C)=O)[C@@H](CO)O[C@H]1O. The average molecular weight is 1950 g/mol. The van der Waals surface area contributed by atoms with Crippen LogP contribution in [0.5, 0.6) is 0 Å². The van der Waals surface area contributed by atoms with Crippen LogP contribution in [0.3, 0.4) is 0 Å². The van der Waals surface area contributed by atoms with Crippen LogP contribution in [-0.4, -0.2) is 574 Å². The molecule has 10 saturated heterocycles. The molecule has 51 atom stereocenters. The fraction of sp³-hybridized carbons (Fsp3) is 0.918. The minimum Gasteiger partial charge on any atom is -0.477 e. The summed E-state index contributed by atoms with van der Waals surface area (Å²) in [4.78, 5) is 76.8. The number of ether oxygens (including phenoxy) is 19. The predicted molar refractivity (Wildman–Crippen MR) is 406 cm³/mol. The molecule has 0 aliphatic carbocycles. The van der Waals surface area contributed by atoms with E-state index in [-0.39, 0.29) is 0 Å². The number of carbonyl (C=O) groups excluding carboxylic acids is 5. The zero-order chi connectivity index (χ0) is 98.3.